The summed E-state index contributed by atoms with van der Waals surface area (Å²) in [4.78, 5) is 5.95. The number of halogens is 4. The van der Waals surface area contributed by atoms with Crippen LogP contribution in [0.1, 0.15) is 19.8 Å². The van der Waals surface area contributed by atoms with Gasteiger partial charge in [0.25, 0.3) is 10.0 Å². The van der Waals surface area contributed by atoms with Gasteiger partial charge in [0.1, 0.15) is 16.7 Å². The summed E-state index contributed by atoms with van der Waals surface area (Å²) in [5.74, 6) is -4.04. The number of nitrogens with zero attached hydrogens (tertiary/aromatic N) is 3. The first kappa shape index (κ1) is 23.6. The molecule has 0 aliphatic carbocycles. The molecule has 1 aromatic heterocycles. The van der Waals surface area contributed by atoms with Crippen LogP contribution in [0.4, 0.5) is 24.7 Å². The zero-order chi connectivity index (χ0) is 23.0. The van der Waals surface area contributed by atoms with E-state index in [-0.39, 0.29) is 11.1 Å². The van der Waals surface area contributed by atoms with Crippen molar-refractivity contribution in [2.75, 3.05) is 43.4 Å². The van der Waals surface area contributed by atoms with Crippen LogP contribution >= 0.6 is 11.6 Å². The van der Waals surface area contributed by atoms with E-state index < -0.39 is 43.3 Å². The summed E-state index contributed by atoms with van der Waals surface area (Å²) in [6.07, 6.45) is 1.71. The maximum Gasteiger partial charge on any atom is 0.268 e. The minimum absolute atomic E-state index is 0.0596. The lowest BCUT2D eigenvalue weighted by molar-refractivity contribution is 0.276. The molecule has 2 heterocycles. The predicted molar refractivity (Wildman–Crippen MR) is 114 cm³/mol. The highest BCUT2D eigenvalue weighted by Gasteiger charge is 2.36. The third kappa shape index (κ3) is 5.24. The normalized spacial score (nSPS) is 19.3. The second kappa shape index (κ2) is 8.84. The van der Waals surface area contributed by atoms with Crippen molar-refractivity contribution in [2.45, 2.75) is 24.7 Å². The van der Waals surface area contributed by atoms with Crippen LogP contribution in [-0.4, -0.2) is 52.0 Å². The van der Waals surface area contributed by atoms with Crippen LogP contribution in [0.3, 0.4) is 0 Å². The number of rotatable bonds is 7. The number of hydrogen-bond donors (Lipinski definition) is 1. The predicted octanol–water partition coefficient (Wildman–Crippen LogP) is 4.12. The Balaban J connectivity index is 1.89. The van der Waals surface area contributed by atoms with Crippen molar-refractivity contribution in [3.8, 4) is 0 Å². The van der Waals surface area contributed by atoms with Crippen LogP contribution < -0.4 is 9.62 Å². The molecule has 31 heavy (non-hydrogen) atoms. The van der Waals surface area contributed by atoms with Gasteiger partial charge in [-0.05, 0) is 51.0 Å². The summed E-state index contributed by atoms with van der Waals surface area (Å²) in [6.45, 7) is 4.06. The van der Waals surface area contributed by atoms with E-state index >= 15 is 0 Å². The highest BCUT2D eigenvalue weighted by molar-refractivity contribution is 7.92. The van der Waals surface area contributed by atoms with E-state index in [9.17, 15) is 21.6 Å². The zero-order valence-corrected chi connectivity index (χ0v) is 19.0. The van der Waals surface area contributed by atoms with Crippen LogP contribution in [-0.2, 0) is 10.0 Å². The lowest BCUT2D eigenvalue weighted by atomic mass is 9.86. The van der Waals surface area contributed by atoms with Crippen LogP contribution in [0.25, 0.3) is 0 Å². The number of sulfonamides is 1. The van der Waals surface area contributed by atoms with E-state index in [1.165, 1.54) is 6.07 Å². The summed E-state index contributed by atoms with van der Waals surface area (Å²) in [7, 11) is -0.780. The molecule has 6 nitrogen and oxygen atoms in total. The Kier molecular flexibility index (Phi) is 6.73. The third-order valence-electron chi connectivity index (χ3n) is 5.38. The molecule has 170 valence electrons. The summed E-state index contributed by atoms with van der Waals surface area (Å²) in [5.41, 5.74) is 0.0451. The molecule has 1 unspecified atom stereocenters. The molecule has 0 radical (unpaired) electrons. The second-order valence-corrected chi connectivity index (χ2v) is 10.3. The van der Waals surface area contributed by atoms with Gasteiger partial charge in [0.2, 0.25) is 5.95 Å². The maximum absolute atomic E-state index is 15.0. The molecule has 3 rings (SSSR count). The first-order valence-electron chi connectivity index (χ1n) is 9.64. The molecule has 0 spiro atoms. The van der Waals surface area contributed by atoms with Gasteiger partial charge in [0.15, 0.2) is 10.7 Å². The van der Waals surface area contributed by atoms with Gasteiger partial charge in [-0.1, -0.05) is 24.6 Å². The highest BCUT2D eigenvalue weighted by atomic mass is 35.5. The number of aromatic nitrogens is 1. The van der Waals surface area contributed by atoms with Gasteiger partial charge in [0, 0.05) is 19.2 Å². The molecule has 2 aromatic rings. The lowest BCUT2D eigenvalue weighted by Crippen LogP contribution is -2.29. The number of nitrogens with one attached hydrogen (secondary N) is 1. The van der Waals surface area contributed by atoms with Crippen molar-refractivity contribution in [1.82, 2.24) is 9.88 Å². The van der Waals surface area contributed by atoms with Crippen LogP contribution in [0, 0.1) is 23.0 Å². The Labute approximate surface area is 185 Å². The Bertz CT molecular complexity index is 1080. The van der Waals surface area contributed by atoms with Crippen LogP contribution in [0.2, 0.25) is 5.02 Å². The van der Waals surface area contributed by atoms with Gasteiger partial charge in [-0.15, -0.1) is 0 Å². The molecular weight excluding hydrogens is 453 g/mol. The fourth-order valence-corrected chi connectivity index (χ4v) is 5.09. The Morgan fingerprint density at radius 2 is 2.00 bits per heavy atom. The van der Waals surface area contributed by atoms with Gasteiger partial charge < -0.3 is 9.80 Å². The molecule has 1 aliphatic heterocycles. The smallest absolute Gasteiger partial charge is 0.268 e. The van der Waals surface area contributed by atoms with Crippen LogP contribution in [0.5, 0.6) is 0 Å². The Morgan fingerprint density at radius 3 is 2.65 bits per heavy atom. The zero-order valence-electron chi connectivity index (χ0n) is 17.4. The van der Waals surface area contributed by atoms with Crippen molar-refractivity contribution >= 4 is 33.1 Å². The van der Waals surface area contributed by atoms with E-state index in [1.54, 1.807) is 4.90 Å². The highest BCUT2D eigenvalue weighted by Crippen LogP contribution is 2.41. The maximum atomic E-state index is 15.0. The number of benzene rings is 1. The van der Waals surface area contributed by atoms with E-state index in [0.717, 1.165) is 37.6 Å². The van der Waals surface area contributed by atoms with E-state index in [1.807, 2.05) is 18.8 Å². The van der Waals surface area contributed by atoms with Crippen molar-refractivity contribution < 1.29 is 21.6 Å². The van der Waals surface area contributed by atoms with Gasteiger partial charge in [-0.25, -0.2) is 22.2 Å². The molecule has 1 N–H and O–H groups in total. The average Bonchev–Trinajstić information content (AvgIpc) is 3.05. The summed E-state index contributed by atoms with van der Waals surface area (Å²) in [6, 6.07) is 4.30. The molecule has 1 fully saturated rings. The van der Waals surface area contributed by atoms with Crippen molar-refractivity contribution in [3.05, 3.63) is 46.9 Å². The minimum atomic E-state index is -4.73. The van der Waals surface area contributed by atoms with Gasteiger partial charge in [-0.3, -0.25) is 4.72 Å². The number of pyridine rings is 1. The summed E-state index contributed by atoms with van der Waals surface area (Å²) >= 11 is 6.15. The fourth-order valence-electron chi connectivity index (χ4n) is 3.62. The molecule has 1 aliphatic rings. The molecule has 1 atom stereocenters. The topological polar surface area (TPSA) is 65.5 Å². The second-order valence-electron chi connectivity index (χ2n) is 8.32. The van der Waals surface area contributed by atoms with E-state index in [0.29, 0.717) is 13.1 Å². The fraction of sp³-hybridized carbons (Fsp3) is 0.450. The molecule has 0 amide bonds. The van der Waals surface area contributed by atoms with Crippen LogP contribution in [0.15, 0.2) is 29.2 Å². The first-order valence-corrected chi connectivity index (χ1v) is 11.5. The third-order valence-corrected chi connectivity index (χ3v) is 7.13. The van der Waals surface area contributed by atoms with E-state index in [4.69, 9.17) is 11.6 Å². The summed E-state index contributed by atoms with van der Waals surface area (Å²) < 4.78 is 70.0. The van der Waals surface area contributed by atoms with Crippen molar-refractivity contribution in [3.63, 3.8) is 0 Å². The monoisotopic (exact) mass is 476 g/mol. The molecule has 0 saturated carbocycles. The lowest BCUT2D eigenvalue weighted by Gasteiger charge is -2.27. The minimum Gasteiger partial charge on any atom is -0.370 e. The van der Waals surface area contributed by atoms with Crippen molar-refractivity contribution in [2.24, 2.45) is 5.41 Å². The molecule has 11 heteroatoms. The van der Waals surface area contributed by atoms with Gasteiger partial charge in [-0.2, -0.15) is 4.39 Å². The molecule has 0 bridgehead atoms. The summed E-state index contributed by atoms with van der Waals surface area (Å²) in [5, 5.41) is -0.481. The largest absolute Gasteiger partial charge is 0.370 e. The first-order chi connectivity index (χ1) is 14.4. The van der Waals surface area contributed by atoms with E-state index in [2.05, 4.69) is 16.8 Å². The average molecular weight is 477 g/mol. The molecule has 1 saturated heterocycles. The Morgan fingerprint density at radius 1 is 1.29 bits per heavy atom. The van der Waals surface area contributed by atoms with Crippen molar-refractivity contribution in [1.29, 1.82) is 0 Å². The number of hydrogen-bond acceptors (Lipinski definition) is 5. The quantitative estimate of drug-likeness (QED) is 0.481. The Hall–Kier alpha value is -2.04. The molecule has 1 aromatic carbocycles. The van der Waals surface area contributed by atoms with Gasteiger partial charge in [0.05, 0.1) is 5.69 Å². The SMILES string of the molecule is CN(C)CCC1(C)CCN(c2cc(F)c(S(=O)(=O)Nc3cccc(F)n3)c(F)c2Cl)C1. The van der Waals surface area contributed by atoms with Gasteiger partial charge >= 0.3 is 0 Å². The standard InChI is InChI=1S/C20H24ClF3N4O2S/c1-20(7-9-27(2)3)8-10-28(12-20)14-11-13(22)19(18(24)17(14)21)31(29,30)26-16-6-4-5-15(23)25-16/h4-6,11H,7-10,12H2,1-3H3,(H,25,26). The number of anilines is 2. The molecular formula is C20H24ClF3N4O2S.